The van der Waals surface area contributed by atoms with Crippen molar-refractivity contribution >= 4 is 23.6 Å². The Bertz CT molecular complexity index is 1290. The van der Waals surface area contributed by atoms with Gasteiger partial charge in [0.25, 0.3) is 0 Å². The Hall–Kier alpha value is -3.34. The Kier molecular flexibility index (Phi) is 9.43. The first-order valence-electron chi connectivity index (χ1n) is 12.4. The highest BCUT2D eigenvalue weighted by Gasteiger charge is 2.24. The number of carboxylic acids is 1. The Labute approximate surface area is 225 Å². The van der Waals surface area contributed by atoms with Crippen LogP contribution in [0.2, 0.25) is 5.02 Å². The van der Waals surface area contributed by atoms with E-state index in [4.69, 9.17) is 21.1 Å². The van der Waals surface area contributed by atoms with Crippen LogP contribution in [-0.2, 0) is 29.2 Å². The summed E-state index contributed by atoms with van der Waals surface area (Å²) in [4.78, 5) is 18.2. The first kappa shape index (κ1) is 27.7. The van der Waals surface area contributed by atoms with Gasteiger partial charge in [0.1, 0.15) is 18.2 Å². The maximum Gasteiger partial charge on any atom is 0.331 e. The topological polar surface area (TPSA) is 103 Å². The summed E-state index contributed by atoms with van der Waals surface area (Å²) in [5.74, 6) is 0.626. The van der Waals surface area contributed by atoms with E-state index in [9.17, 15) is 14.3 Å². The standard InChI is InChI=1S/C27H31ClFN5O4/c1-18(27(35)36)14-24-31-32-25(34(24)12-13-37-2)16-33-10-8-19(9-11-33)23-4-3-5-26(30-23)38-17-20-6-7-21(28)15-22(20)29/h3-7,14-15,19H,8-13,16-17H2,1-2H3,(H,35,36)/b18-14+. The van der Waals surface area contributed by atoms with Gasteiger partial charge in [0.2, 0.25) is 5.88 Å². The van der Waals surface area contributed by atoms with Crippen molar-refractivity contribution in [3.63, 3.8) is 0 Å². The number of carboxylic acid groups (broad SMARTS) is 1. The summed E-state index contributed by atoms with van der Waals surface area (Å²) in [5.41, 5.74) is 1.57. The average Bonchev–Trinajstić information content (AvgIpc) is 3.27. The number of aromatic nitrogens is 4. The van der Waals surface area contributed by atoms with E-state index in [1.165, 1.54) is 19.1 Å². The molecule has 2 aromatic heterocycles. The minimum absolute atomic E-state index is 0.0742. The molecule has 1 saturated heterocycles. The molecule has 1 aliphatic rings. The first-order valence-corrected chi connectivity index (χ1v) is 12.8. The molecule has 0 unspecified atom stereocenters. The molecule has 9 nitrogen and oxygen atoms in total. The molecule has 0 radical (unpaired) electrons. The minimum Gasteiger partial charge on any atom is -0.478 e. The van der Waals surface area contributed by atoms with Gasteiger partial charge in [-0.2, -0.15) is 0 Å². The number of nitrogens with zero attached hydrogens (tertiary/aromatic N) is 5. The maximum absolute atomic E-state index is 14.1. The molecule has 1 fully saturated rings. The Balaban J connectivity index is 1.36. The number of benzene rings is 1. The van der Waals surface area contributed by atoms with Crippen molar-refractivity contribution in [1.29, 1.82) is 0 Å². The van der Waals surface area contributed by atoms with Gasteiger partial charge in [-0.25, -0.2) is 14.2 Å². The smallest absolute Gasteiger partial charge is 0.331 e. The molecule has 1 aliphatic heterocycles. The molecule has 11 heteroatoms. The predicted molar refractivity (Wildman–Crippen MR) is 140 cm³/mol. The van der Waals surface area contributed by atoms with Gasteiger partial charge in [-0.1, -0.05) is 23.7 Å². The lowest BCUT2D eigenvalue weighted by atomic mass is 9.93. The molecule has 0 amide bonds. The van der Waals surface area contributed by atoms with E-state index in [1.807, 2.05) is 16.7 Å². The fourth-order valence-corrected chi connectivity index (χ4v) is 4.53. The number of hydrogen-bond acceptors (Lipinski definition) is 7. The van der Waals surface area contributed by atoms with E-state index < -0.39 is 11.8 Å². The Morgan fingerprint density at radius 3 is 2.74 bits per heavy atom. The zero-order valence-corrected chi connectivity index (χ0v) is 22.2. The molecular weight excluding hydrogens is 513 g/mol. The van der Waals surface area contributed by atoms with Gasteiger partial charge in [-0.15, -0.1) is 10.2 Å². The van der Waals surface area contributed by atoms with E-state index in [0.29, 0.717) is 42.0 Å². The lowest BCUT2D eigenvalue weighted by Gasteiger charge is -2.31. The van der Waals surface area contributed by atoms with Gasteiger partial charge in [0, 0.05) is 47.5 Å². The molecule has 4 rings (SSSR count). The number of piperidine rings is 1. The Morgan fingerprint density at radius 2 is 2.03 bits per heavy atom. The van der Waals surface area contributed by atoms with E-state index >= 15 is 0 Å². The monoisotopic (exact) mass is 543 g/mol. The van der Waals surface area contributed by atoms with Crippen molar-refractivity contribution in [1.82, 2.24) is 24.6 Å². The van der Waals surface area contributed by atoms with E-state index in [2.05, 4.69) is 20.1 Å². The van der Waals surface area contributed by atoms with E-state index in [-0.39, 0.29) is 18.1 Å². The normalized spacial score (nSPS) is 15.1. The third-order valence-corrected chi connectivity index (χ3v) is 6.80. The fraction of sp³-hybridized carbons (Fsp3) is 0.407. The highest BCUT2D eigenvalue weighted by atomic mass is 35.5. The summed E-state index contributed by atoms with van der Waals surface area (Å²) in [6.45, 7) is 4.91. The van der Waals surface area contributed by atoms with Crippen LogP contribution in [0.4, 0.5) is 4.39 Å². The highest BCUT2D eigenvalue weighted by molar-refractivity contribution is 6.30. The molecule has 0 saturated carbocycles. The summed E-state index contributed by atoms with van der Waals surface area (Å²) in [6.07, 6.45) is 3.36. The quantitative estimate of drug-likeness (QED) is 0.351. The van der Waals surface area contributed by atoms with Crippen LogP contribution in [0.25, 0.3) is 6.08 Å². The lowest BCUT2D eigenvalue weighted by molar-refractivity contribution is -0.132. The zero-order valence-electron chi connectivity index (χ0n) is 21.4. The van der Waals surface area contributed by atoms with Crippen LogP contribution in [0.5, 0.6) is 5.88 Å². The number of aliphatic carboxylic acids is 1. The van der Waals surface area contributed by atoms with Crippen LogP contribution in [0.15, 0.2) is 42.0 Å². The van der Waals surface area contributed by atoms with Crippen LogP contribution in [0.1, 0.15) is 48.6 Å². The van der Waals surface area contributed by atoms with Crippen LogP contribution in [-0.4, -0.2) is 62.5 Å². The first-order chi connectivity index (χ1) is 18.3. The van der Waals surface area contributed by atoms with E-state index in [0.717, 1.165) is 37.4 Å². The number of carbonyl (C=O) groups is 1. The molecule has 0 bridgehead atoms. The van der Waals surface area contributed by atoms with Crippen LogP contribution < -0.4 is 4.74 Å². The van der Waals surface area contributed by atoms with Crippen molar-refractivity contribution < 1.29 is 23.8 Å². The van der Waals surface area contributed by atoms with Crippen LogP contribution >= 0.6 is 11.6 Å². The van der Waals surface area contributed by atoms with Crippen molar-refractivity contribution in [2.75, 3.05) is 26.8 Å². The van der Waals surface area contributed by atoms with Crippen molar-refractivity contribution in [3.05, 3.63) is 75.7 Å². The number of likely N-dealkylation sites (tertiary alicyclic amines) is 1. The summed E-state index contributed by atoms with van der Waals surface area (Å²) in [6, 6.07) is 10.2. The molecule has 3 aromatic rings. The SMILES string of the molecule is COCCn1c(/C=C(\C)C(=O)O)nnc1CN1CCC(c2cccc(OCc3ccc(Cl)cc3F)n2)CC1. The summed E-state index contributed by atoms with van der Waals surface area (Å²) in [5, 5.41) is 18.1. The summed E-state index contributed by atoms with van der Waals surface area (Å²) >= 11 is 5.82. The molecule has 0 spiro atoms. The maximum atomic E-state index is 14.1. The van der Waals surface area contributed by atoms with Crippen molar-refractivity contribution in [2.24, 2.45) is 0 Å². The Morgan fingerprint density at radius 1 is 1.24 bits per heavy atom. The van der Waals surface area contributed by atoms with Gasteiger partial charge < -0.3 is 19.1 Å². The second-order valence-corrected chi connectivity index (χ2v) is 9.66. The third-order valence-electron chi connectivity index (χ3n) is 6.56. The molecule has 1 N–H and O–H groups in total. The molecular formula is C27H31ClFN5O4. The van der Waals surface area contributed by atoms with Crippen molar-refractivity contribution in [2.45, 2.75) is 45.4 Å². The summed E-state index contributed by atoms with van der Waals surface area (Å²) in [7, 11) is 1.62. The fourth-order valence-electron chi connectivity index (χ4n) is 4.37. The van der Waals surface area contributed by atoms with Crippen molar-refractivity contribution in [3.8, 4) is 5.88 Å². The number of hydrogen-bond donors (Lipinski definition) is 1. The molecule has 202 valence electrons. The van der Waals surface area contributed by atoms with Gasteiger partial charge >= 0.3 is 5.97 Å². The molecule has 0 aliphatic carbocycles. The molecule has 1 aromatic carbocycles. The third kappa shape index (κ3) is 7.15. The molecule has 38 heavy (non-hydrogen) atoms. The van der Waals surface area contributed by atoms with Crippen LogP contribution in [0, 0.1) is 5.82 Å². The summed E-state index contributed by atoms with van der Waals surface area (Å²) < 4.78 is 27.0. The molecule has 3 heterocycles. The molecule has 0 atom stereocenters. The van der Waals surface area contributed by atoms with Gasteiger partial charge in [0.05, 0.1) is 13.2 Å². The van der Waals surface area contributed by atoms with Gasteiger partial charge in [0.15, 0.2) is 5.82 Å². The van der Waals surface area contributed by atoms with Gasteiger partial charge in [-0.05, 0) is 57.1 Å². The zero-order chi connectivity index (χ0) is 27.1. The lowest BCUT2D eigenvalue weighted by Crippen LogP contribution is -2.33. The number of ether oxygens (including phenoxy) is 2. The largest absolute Gasteiger partial charge is 0.478 e. The second-order valence-electron chi connectivity index (χ2n) is 9.23. The number of pyridine rings is 1. The number of methoxy groups -OCH3 is 1. The van der Waals surface area contributed by atoms with E-state index in [1.54, 1.807) is 25.3 Å². The van der Waals surface area contributed by atoms with Crippen LogP contribution in [0.3, 0.4) is 0 Å². The average molecular weight is 544 g/mol. The van der Waals surface area contributed by atoms with Gasteiger partial charge in [-0.3, -0.25) is 4.90 Å². The highest BCUT2D eigenvalue weighted by Crippen LogP contribution is 2.29. The number of rotatable bonds is 11. The number of halogens is 2. The minimum atomic E-state index is -0.991. The predicted octanol–water partition coefficient (Wildman–Crippen LogP) is 4.56. The second kappa shape index (κ2) is 12.9.